The molecule has 0 amide bonds. The molecule has 29 heavy (non-hydrogen) atoms. The van der Waals surface area contributed by atoms with E-state index in [0.717, 1.165) is 65.4 Å². The van der Waals surface area contributed by atoms with Crippen LogP contribution in [0.15, 0.2) is 54.0 Å². The second-order valence-electron chi connectivity index (χ2n) is 7.60. The van der Waals surface area contributed by atoms with Crippen LogP contribution < -0.4 is 5.32 Å². The zero-order valence-corrected chi connectivity index (χ0v) is 16.0. The van der Waals surface area contributed by atoms with Gasteiger partial charge in [0.2, 0.25) is 0 Å². The number of nitrogens with zero attached hydrogens (tertiary/aromatic N) is 3. The van der Waals surface area contributed by atoms with Crippen molar-refractivity contribution >= 4 is 12.3 Å². The van der Waals surface area contributed by atoms with Crippen molar-refractivity contribution in [2.45, 2.75) is 24.7 Å². The Hall–Kier alpha value is -3.25. The van der Waals surface area contributed by atoms with E-state index in [1.54, 1.807) is 6.21 Å². The van der Waals surface area contributed by atoms with Crippen LogP contribution in [0.25, 0.3) is 28.6 Å². The molecule has 0 radical (unpaired) electrons. The third kappa shape index (κ3) is 3.36. The van der Waals surface area contributed by atoms with Crippen LogP contribution in [-0.4, -0.2) is 39.5 Å². The zero-order valence-electron chi connectivity index (χ0n) is 16.0. The molecule has 2 aromatic heterocycles. The number of aromatic nitrogens is 3. The Bertz CT molecular complexity index is 1060. The van der Waals surface area contributed by atoms with Crippen LogP contribution in [0.4, 0.5) is 0 Å². The number of rotatable bonds is 4. The molecule has 1 aliphatic heterocycles. The first-order valence-electron chi connectivity index (χ1n) is 10.0. The minimum Gasteiger partial charge on any atom is -0.411 e. The molecule has 3 N–H and O–H groups in total. The Morgan fingerprint density at radius 3 is 2.69 bits per heavy atom. The fourth-order valence-corrected chi connectivity index (χ4v) is 4.30. The molecule has 1 saturated heterocycles. The highest BCUT2D eigenvalue weighted by atomic mass is 16.4. The van der Waals surface area contributed by atoms with Gasteiger partial charge in [0, 0.05) is 35.4 Å². The molecular formula is C23H23N5O. The van der Waals surface area contributed by atoms with Gasteiger partial charge >= 0.3 is 0 Å². The molecule has 5 rings (SSSR count). The molecule has 1 unspecified atom stereocenters. The first kappa shape index (κ1) is 17.8. The Kier molecular flexibility index (Phi) is 4.69. The van der Waals surface area contributed by atoms with Crippen molar-refractivity contribution in [1.29, 1.82) is 0 Å². The number of H-pyrrole nitrogens is 1. The number of aromatic amines is 1. The topological polar surface area (TPSA) is 86.2 Å². The Labute approximate surface area is 169 Å². The van der Waals surface area contributed by atoms with E-state index in [2.05, 4.69) is 44.7 Å². The van der Waals surface area contributed by atoms with Crippen LogP contribution in [0.3, 0.4) is 0 Å². The second-order valence-corrected chi connectivity index (χ2v) is 7.60. The van der Waals surface area contributed by atoms with Gasteiger partial charge in [-0.2, -0.15) is 0 Å². The maximum Gasteiger partial charge on any atom is 0.110 e. The van der Waals surface area contributed by atoms with E-state index >= 15 is 0 Å². The molecule has 2 aliphatic rings. The predicted molar refractivity (Wildman–Crippen MR) is 114 cm³/mol. The number of hydrogen-bond acceptors (Lipinski definition) is 5. The minimum absolute atomic E-state index is 0.0215. The van der Waals surface area contributed by atoms with E-state index in [1.807, 2.05) is 30.6 Å². The summed E-state index contributed by atoms with van der Waals surface area (Å²) in [6.45, 7) is 2.06. The lowest BCUT2D eigenvalue weighted by atomic mass is 9.97. The number of allylic oxidation sites excluding steroid dienone is 1. The van der Waals surface area contributed by atoms with Crippen LogP contribution in [-0.2, 0) is 0 Å². The van der Waals surface area contributed by atoms with Crippen molar-refractivity contribution in [1.82, 2.24) is 20.3 Å². The van der Waals surface area contributed by atoms with Crippen molar-refractivity contribution in [2.24, 2.45) is 5.16 Å². The number of pyridine rings is 1. The summed E-state index contributed by atoms with van der Waals surface area (Å²) in [5.74, 6) is 1.54. The smallest absolute Gasteiger partial charge is 0.110 e. The van der Waals surface area contributed by atoms with Crippen molar-refractivity contribution in [3.8, 4) is 22.5 Å². The fraction of sp³-hybridized carbons (Fsp3) is 0.261. The summed E-state index contributed by atoms with van der Waals surface area (Å²) < 4.78 is 0. The summed E-state index contributed by atoms with van der Waals surface area (Å²) >= 11 is 0. The van der Waals surface area contributed by atoms with Crippen molar-refractivity contribution in [3.05, 3.63) is 65.8 Å². The van der Waals surface area contributed by atoms with Crippen molar-refractivity contribution in [3.63, 3.8) is 0 Å². The summed E-state index contributed by atoms with van der Waals surface area (Å²) in [6, 6.07) is 10.4. The van der Waals surface area contributed by atoms with Gasteiger partial charge in [-0.15, -0.1) is 5.16 Å². The second kappa shape index (κ2) is 7.64. The molecule has 1 aromatic carbocycles. The number of fused-ring (bicyclic) bond motifs is 1. The number of nitrogens with one attached hydrogen (secondary N) is 2. The standard InChI is InChI=1S/C23H23N5O/c29-26-14-19-2-1-17-13-18(3-4-20(17)19)22-21(15-5-9-24-10-6-15)27-23(28-22)16-7-11-25-12-8-16/h1-6,9-10,13-14,16,19,25,29H,7-8,11-12H2,(H,27,28). The summed E-state index contributed by atoms with van der Waals surface area (Å²) in [5, 5.41) is 15.5. The quantitative estimate of drug-likeness (QED) is 0.357. The lowest BCUT2D eigenvalue weighted by molar-refractivity contribution is 0.320. The number of hydrogen-bond donors (Lipinski definition) is 3. The average molecular weight is 385 g/mol. The first-order chi connectivity index (χ1) is 14.3. The summed E-state index contributed by atoms with van der Waals surface area (Å²) in [6.07, 6.45) is 11.5. The van der Waals surface area contributed by atoms with E-state index in [9.17, 15) is 0 Å². The number of oxime groups is 1. The molecule has 1 atom stereocenters. The lowest BCUT2D eigenvalue weighted by Crippen LogP contribution is -2.27. The van der Waals surface area contributed by atoms with Crippen LogP contribution in [0.1, 0.15) is 41.6 Å². The molecule has 6 nitrogen and oxygen atoms in total. The van der Waals surface area contributed by atoms with Gasteiger partial charge in [0.05, 0.1) is 17.6 Å². The van der Waals surface area contributed by atoms with E-state index < -0.39 is 0 Å². The van der Waals surface area contributed by atoms with Gasteiger partial charge in [-0.3, -0.25) is 4.98 Å². The van der Waals surface area contributed by atoms with Gasteiger partial charge in [0.25, 0.3) is 0 Å². The largest absolute Gasteiger partial charge is 0.411 e. The monoisotopic (exact) mass is 385 g/mol. The summed E-state index contributed by atoms with van der Waals surface area (Å²) in [7, 11) is 0. The van der Waals surface area contributed by atoms with Gasteiger partial charge in [0.15, 0.2) is 0 Å². The maximum absolute atomic E-state index is 8.89. The van der Waals surface area contributed by atoms with Gasteiger partial charge in [-0.25, -0.2) is 4.98 Å². The molecule has 146 valence electrons. The normalized spacial score (nSPS) is 19.1. The van der Waals surface area contributed by atoms with E-state index in [1.165, 1.54) is 0 Å². The summed E-state index contributed by atoms with van der Waals surface area (Å²) in [4.78, 5) is 12.8. The zero-order chi connectivity index (χ0) is 19.6. The number of imidazole rings is 1. The van der Waals surface area contributed by atoms with Gasteiger partial charge < -0.3 is 15.5 Å². The molecule has 1 fully saturated rings. The van der Waals surface area contributed by atoms with E-state index in [4.69, 9.17) is 10.2 Å². The highest BCUT2D eigenvalue weighted by molar-refractivity contribution is 5.84. The molecular weight excluding hydrogens is 362 g/mol. The van der Waals surface area contributed by atoms with E-state index in [0.29, 0.717) is 5.92 Å². The molecule has 0 bridgehead atoms. The molecule has 1 aliphatic carbocycles. The highest BCUT2D eigenvalue weighted by Crippen LogP contribution is 2.37. The predicted octanol–water partition coefficient (Wildman–Crippen LogP) is 4.18. The van der Waals surface area contributed by atoms with Crippen LogP contribution in [0, 0.1) is 0 Å². The van der Waals surface area contributed by atoms with Crippen LogP contribution in [0.2, 0.25) is 0 Å². The molecule has 6 heteroatoms. The minimum atomic E-state index is 0.0215. The van der Waals surface area contributed by atoms with Gasteiger partial charge in [-0.1, -0.05) is 24.3 Å². The van der Waals surface area contributed by atoms with Crippen molar-refractivity contribution in [2.75, 3.05) is 13.1 Å². The van der Waals surface area contributed by atoms with Gasteiger partial charge in [-0.05, 0) is 55.3 Å². The van der Waals surface area contributed by atoms with Crippen LogP contribution in [0.5, 0.6) is 0 Å². The Balaban J connectivity index is 1.59. The molecule has 3 heterocycles. The van der Waals surface area contributed by atoms with E-state index in [-0.39, 0.29) is 5.92 Å². The fourth-order valence-electron chi connectivity index (χ4n) is 4.30. The highest BCUT2D eigenvalue weighted by Gasteiger charge is 2.23. The SMILES string of the molecule is ON=CC1C=Cc2cc(-c3nc(C4CCNCC4)[nH]c3-c3ccncc3)ccc21. The average Bonchev–Trinajstić information content (AvgIpc) is 3.40. The Morgan fingerprint density at radius 2 is 1.90 bits per heavy atom. The maximum atomic E-state index is 8.89. The third-order valence-electron chi connectivity index (χ3n) is 5.85. The summed E-state index contributed by atoms with van der Waals surface area (Å²) in [5.41, 5.74) is 6.46. The lowest BCUT2D eigenvalue weighted by Gasteiger charge is -2.20. The van der Waals surface area contributed by atoms with Gasteiger partial charge in [0.1, 0.15) is 5.82 Å². The Morgan fingerprint density at radius 1 is 1.07 bits per heavy atom. The van der Waals surface area contributed by atoms with Crippen molar-refractivity contribution < 1.29 is 5.21 Å². The molecule has 3 aromatic rings. The number of piperidine rings is 1. The molecule has 0 saturated carbocycles. The first-order valence-corrected chi connectivity index (χ1v) is 10.0. The third-order valence-corrected chi connectivity index (χ3v) is 5.85. The number of benzene rings is 1. The molecule has 0 spiro atoms. The van der Waals surface area contributed by atoms with Crippen LogP contribution >= 0.6 is 0 Å².